The SMILES string of the molecule is C=C(NCCc1c[nH]c2ccc(Cl)cc12)C1C=C(CN2CCN(C)CC2)C=CC1. The van der Waals surface area contributed by atoms with E-state index in [1.807, 2.05) is 18.2 Å². The number of aromatic nitrogens is 1. The van der Waals surface area contributed by atoms with Crippen LogP contribution in [-0.4, -0.2) is 61.1 Å². The van der Waals surface area contributed by atoms with Crippen LogP contribution in [-0.2, 0) is 6.42 Å². The van der Waals surface area contributed by atoms with Gasteiger partial charge in [-0.05, 0) is 49.2 Å². The minimum absolute atomic E-state index is 0.375. The van der Waals surface area contributed by atoms with Gasteiger partial charge in [0.15, 0.2) is 0 Å². The number of benzene rings is 1. The van der Waals surface area contributed by atoms with Crippen molar-refractivity contribution in [2.24, 2.45) is 5.92 Å². The summed E-state index contributed by atoms with van der Waals surface area (Å²) in [4.78, 5) is 8.28. The summed E-state index contributed by atoms with van der Waals surface area (Å²) in [6, 6.07) is 6.00. The zero-order chi connectivity index (χ0) is 20.2. The largest absolute Gasteiger partial charge is 0.388 e. The summed E-state index contributed by atoms with van der Waals surface area (Å²) in [7, 11) is 2.20. The lowest BCUT2D eigenvalue weighted by molar-refractivity contribution is 0.164. The summed E-state index contributed by atoms with van der Waals surface area (Å²) in [6.45, 7) is 10.9. The van der Waals surface area contributed by atoms with E-state index in [0.29, 0.717) is 5.92 Å². The molecule has 0 saturated carbocycles. The van der Waals surface area contributed by atoms with Crippen LogP contribution in [0.2, 0.25) is 5.02 Å². The van der Waals surface area contributed by atoms with Crippen molar-refractivity contribution in [2.75, 3.05) is 46.3 Å². The van der Waals surface area contributed by atoms with Gasteiger partial charge in [0.05, 0.1) is 0 Å². The average molecular weight is 411 g/mol. The molecule has 29 heavy (non-hydrogen) atoms. The smallest absolute Gasteiger partial charge is 0.0457 e. The number of halogens is 1. The highest BCUT2D eigenvalue weighted by molar-refractivity contribution is 6.31. The average Bonchev–Trinajstić information content (AvgIpc) is 3.12. The molecular formula is C24H31ClN4. The van der Waals surface area contributed by atoms with Crippen LogP contribution in [0.3, 0.4) is 0 Å². The van der Waals surface area contributed by atoms with Crippen LogP contribution in [0.1, 0.15) is 12.0 Å². The van der Waals surface area contributed by atoms with E-state index in [4.69, 9.17) is 11.6 Å². The van der Waals surface area contributed by atoms with Crippen LogP contribution in [0, 0.1) is 5.92 Å². The quantitative estimate of drug-likeness (QED) is 0.717. The third-order valence-corrected chi connectivity index (χ3v) is 6.30. The Bertz CT molecular complexity index is 918. The second-order valence-corrected chi connectivity index (χ2v) is 8.71. The van der Waals surface area contributed by atoms with Gasteiger partial charge in [-0.25, -0.2) is 0 Å². The minimum atomic E-state index is 0.375. The van der Waals surface area contributed by atoms with E-state index in [2.05, 4.69) is 58.2 Å². The summed E-state index contributed by atoms with van der Waals surface area (Å²) >= 11 is 6.16. The van der Waals surface area contributed by atoms with Gasteiger partial charge in [-0.15, -0.1) is 0 Å². The van der Waals surface area contributed by atoms with Crippen molar-refractivity contribution in [3.8, 4) is 0 Å². The maximum absolute atomic E-state index is 6.16. The Balaban J connectivity index is 1.29. The molecule has 1 aromatic carbocycles. The molecule has 1 atom stereocenters. The van der Waals surface area contributed by atoms with Gasteiger partial charge < -0.3 is 15.2 Å². The lowest BCUT2D eigenvalue weighted by Gasteiger charge is -2.33. The standard InChI is InChI=1S/C24H31ClN4/c1-18(26-9-8-21-16-27-24-7-6-22(25)15-23(21)24)20-5-3-4-19(14-20)17-29-12-10-28(2)11-13-29/h3-4,6-7,14-16,20,26-27H,1,5,8-13,17H2,2H3. The van der Waals surface area contributed by atoms with Crippen molar-refractivity contribution in [3.63, 3.8) is 0 Å². The van der Waals surface area contributed by atoms with Gasteiger partial charge in [-0.1, -0.05) is 36.4 Å². The number of rotatable bonds is 7. The predicted molar refractivity (Wildman–Crippen MR) is 123 cm³/mol. The molecule has 2 N–H and O–H groups in total. The van der Waals surface area contributed by atoms with Crippen molar-refractivity contribution < 1.29 is 0 Å². The molecule has 0 amide bonds. The van der Waals surface area contributed by atoms with Crippen LogP contribution < -0.4 is 5.32 Å². The molecular weight excluding hydrogens is 380 g/mol. The Labute approximate surface area is 178 Å². The zero-order valence-electron chi connectivity index (χ0n) is 17.3. The fraction of sp³-hybridized carbons (Fsp3) is 0.417. The number of nitrogens with one attached hydrogen (secondary N) is 2. The lowest BCUT2D eigenvalue weighted by atomic mass is 9.93. The molecule has 4 nitrogen and oxygen atoms in total. The van der Waals surface area contributed by atoms with Crippen LogP contribution in [0.5, 0.6) is 0 Å². The highest BCUT2D eigenvalue weighted by atomic mass is 35.5. The second kappa shape index (κ2) is 9.21. The third kappa shape index (κ3) is 5.13. The maximum Gasteiger partial charge on any atom is 0.0457 e. The Morgan fingerprint density at radius 3 is 2.93 bits per heavy atom. The number of fused-ring (bicyclic) bond motifs is 1. The number of hydrogen-bond donors (Lipinski definition) is 2. The second-order valence-electron chi connectivity index (χ2n) is 8.27. The fourth-order valence-electron chi connectivity index (χ4n) is 4.21. The van der Waals surface area contributed by atoms with E-state index in [-0.39, 0.29) is 0 Å². The molecule has 2 heterocycles. The topological polar surface area (TPSA) is 34.3 Å². The Morgan fingerprint density at radius 1 is 1.28 bits per heavy atom. The molecule has 5 heteroatoms. The highest BCUT2D eigenvalue weighted by Crippen LogP contribution is 2.24. The molecule has 1 unspecified atom stereocenters. The van der Waals surface area contributed by atoms with Crippen LogP contribution >= 0.6 is 11.6 Å². The summed E-state index contributed by atoms with van der Waals surface area (Å²) in [5, 5.41) is 5.55. The Kier molecular flexibility index (Phi) is 6.43. The molecule has 154 valence electrons. The van der Waals surface area contributed by atoms with Crippen LogP contribution in [0.25, 0.3) is 10.9 Å². The summed E-state index contributed by atoms with van der Waals surface area (Å²) in [6.07, 6.45) is 11.0. The lowest BCUT2D eigenvalue weighted by Crippen LogP contribution is -2.45. The monoisotopic (exact) mass is 410 g/mol. The molecule has 0 spiro atoms. The predicted octanol–water partition coefficient (Wildman–Crippen LogP) is 4.22. The Morgan fingerprint density at radius 2 is 2.10 bits per heavy atom. The van der Waals surface area contributed by atoms with E-state index in [0.717, 1.165) is 68.3 Å². The molecule has 0 radical (unpaired) electrons. The van der Waals surface area contributed by atoms with E-state index < -0.39 is 0 Å². The number of nitrogens with zero attached hydrogens (tertiary/aromatic N) is 2. The number of allylic oxidation sites excluding steroid dienone is 2. The fourth-order valence-corrected chi connectivity index (χ4v) is 4.38. The summed E-state index contributed by atoms with van der Waals surface area (Å²) in [5.41, 5.74) is 4.96. The maximum atomic E-state index is 6.16. The molecule has 2 aliphatic rings. The van der Waals surface area contributed by atoms with Gasteiger partial charge in [0.25, 0.3) is 0 Å². The van der Waals surface area contributed by atoms with Gasteiger partial charge in [0.1, 0.15) is 0 Å². The van der Waals surface area contributed by atoms with Gasteiger partial charge in [0.2, 0.25) is 0 Å². The van der Waals surface area contributed by atoms with Crippen molar-refractivity contribution in [2.45, 2.75) is 12.8 Å². The molecule has 1 fully saturated rings. The highest BCUT2D eigenvalue weighted by Gasteiger charge is 2.17. The van der Waals surface area contributed by atoms with Crippen molar-refractivity contribution in [1.82, 2.24) is 20.1 Å². The van der Waals surface area contributed by atoms with Gasteiger partial charge in [-0.3, -0.25) is 4.90 Å². The van der Waals surface area contributed by atoms with Gasteiger partial charge in [0, 0.05) is 73.0 Å². The number of hydrogen-bond acceptors (Lipinski definition) is 3. The number of piperazine rings is 1. The van der Waals surface area contributed by atoms with Gasteiger partial charge in [-0.2, -0.15) is 0 Å². The first-order valence-corrected chi connectivity index (χ1v) is 10.9. The first kappa shape index (κ1) is 20.3. The van der Waals surface area contributed by atoms with Crippen molar-refractivity contribution in [3.05, 3.63) is 71.1 Å². The molecule has 4 rings (SSSR count). The van der Waals surface area contributed by atoms with Gasteiger partial charge >= 0.3 is 0 Å². The molecule has 1 aliphatic carbocycles. The molecule has 1 aromatic heterocycles. The number of H-pyrrole nitrogens is 1. The van der Waals surface area contributed by atoms with E-state index in [1.165, 1.54) is 16.5 Å². The molecule has 1 aliphatic heterocycles. The third-order valence-electron chi connectivity index (χ3n) is 6.06. The number of likely N-dealkylation sites (N-methyl/N-ethyl adjacent to an activating group) is 1. The van der Waals surface area contributed by atoms with Crippen LogP contribution in [0.15, 0.2) is 60.5 Å². The molecule has 1 saturated heterocycles. The Hall–Kier alpha value is -2.01. The van der Waals surface area contributed by atoms with E-state index in [9.17, 15) is 0 Å². The van der Waals surface area contributed by atoms with Crippen molar-refractivity contribution in [1.29, 1.82) is 0 Å². The first-order chi connectivity index (χ1) is 14.1. The van der Waals surface area contributed by atoms with Crippen LogP contribution in [0.4, 0.5) is 0 Å². The zero-order valence-corrected chi connectivity index (χ0v) is 18.0. The molecule has 0 bridgehead atoms. The van der Waals surface area contributed by atoms with Crippen molar-refractivity contribution >= 4 is 22.5 Å². The first-order valence-electron chi connectivity index (χ1n) is 10.5. The summed E-state index contributed by atoms with van der Waals surface area (Å²) in [5.74, 6) is 0.375. The molecule has 2 aromatic rings. The number of aromatic amines is 1. The van der Waals surface area contributed by atoms with E-state index >= 15 is 0 Å². The normalized spacial score (nSPS) is 20.8. The minimum Gasteiger partial charge on any atom is -0.388 e. The van der Waals surface area contributed by atoms with E-state index in [1.54, 1.807) is 0 Å². The summed E-state index contributed by atoms with van der Waals surface area (Å²) < 4.78 is 0.